The fraction of sp³-hybridized carbons (Fsp3) is 0.222. The third kappa shape index (κ3) is 4.40. The third-order valence-electron chi connectivity index (χ3n) is 4.11. The summed E-state index contributed by atoms with van der Waals surface area (Å²) in [7, 11) is 1.62. The number of nitrogens with zero attached hydrogens (tertiary/aromatic N) is 1. The van der Waals surface area contributed by atoms with E-state index in [1.165, 1.54) is 6.21 Å². The highest BCUT2D eigenvalue weighted by atomic mass is 79.9. The Balaban J connectivity index is 1.55. The summed E-state index contributed by atoms with van der Waals surface area (Å²) in [5, 5.41) is 13.7. The molecule has 7 nitrogen and oxygen atoms in total. The summed E-state index contributed by atoms with van der Waals surface area (Å²) >= 11 is 3.32. The standard InChI is InChI=1S/C18H19BrN4O3/c1-26-14-5-2-11(3-6-14)15-9-16(22-21-15)18(25)23-20-10-12-8-13(19)4-7-17(12)24/h2-8,10,15-16,21-22,24H,9H2,1H3,(H,23,25)/b20-10+. The second kappa shape index (κ2) is 8.31. The summed E-state index contributed by atoms with van der Waals surface area (Å²) in [5.74, 6) is 0.629. The molecule has 2 aromatic rings. The lowest BCUT2D eigenvalue weighted by Crippen LogP contribution is -2.41. The van der Waals surface area contributed by atoms with Gasteiger partial charge < -0.3 is 9.84 Å². The molecule has 0 aromatic heterocycles. The van der Waals surface area contributed by atoms with E-state index >= 15 is 0 Å². The van der Waals surface area contributed by atoms with Crippen LogP contribution in [0.2, 0.25) is 0 Å². The van der Waals surface area contributed by atoms with E-state index in [9.17, 15) is 9.90 Å². The lowest BCUT2D eigenvalue weighted by Gasteiger charge is -2.10. The van der Waals surface area contributed by atoms with E-state index in [4.69, 9.17) is 4.74 Å². The lowest BCUT2D eigenvalue weighted by molar-refractivity contribution is -0.122. The predicted molar refractivity (Wildman–Crippen MR) is 102 cm³/mol. The molecule has 1 heterocycles. The highest BCUT2D eigenvalue weighted by Gasteiger charge is 2.30. The summed E-state index contributed by atoms with van der Waals surface area (Å²) in [6.45, 7) is 0. The number of amides is 1. The molecule has 2 unspecified atom stereocenters. The van der Waals surface area contributed by atoms with Crippen LogP contribution in [0.15, 0.2) is 52.0 Å². The Labute approximate surface area is 159 Å². The first-order valence-electron chi connectivity index (χ1n) is 8.03. The van der Waals surface area contributed by atoms with Gasteiger partial charge in [-0.2, -0.15) is 5.10 Å². The third-order valence-corrected chi connectivity index (χ3v) is 4.60. The van der Waals surface area contributed by atoms with Gasteiger partial charge in [-0.1, -0.05) is 28.1 Å². The summed E-state index contributed by atoms with van der Waals surface area (Å²) in [6.07, 6.45) is 2.00. The number of methoxy groups -OCH3 is 1. The van der Waals surface area contributed by atoms with Gasteiger partial charge >= 0.3 is 0 Å². The van der Waals surface area contributed by atoms with Gasteiger partial charge in [0, 0.05) is 16.1 Å². The maximum absolute atomic E-state index is 12.2. The SMILES string of the molecule is COc1ccc(C2CC(C(=O)N/N=C/c3cc(Br)ccc3O)NN2)cc1. The Kier molecular flexibility index (Phi) is 5.87. The number of aromatic hydroxyl groups is 1. The minimum absolute atomic E-state index is 0.0229. The first kappa shape index (κ1) is 18.4. The van der Waals surface area contributed by atoms with Crippen molar-refractivity contribution in [2.24, 2.45) is 5.10 Å². The Morgan fingerprint density at radius 3 is 2.81 bits per heavy atom. The number of carbonyl (C=O) groups is 1. The number of ether oxygens (including phenoxy) is 1. The summed E-state index contributed by atoms with van der Waals surface area (Å²) < 4.78 is 5.96. The van der Waals surface area contributed by atoms with Crippen molar-refractivity contribution in [3.63, 3.8) is 0 Å². The van der Waals surface area contributed by atoms with Crippen LogP contribution in [0, 0.1) is 0 Å². The van der Waals surface area contributed by atoms with Gasteiger partial charge in [0.05, 0.1) is 13.3 Å². The largest absolute Gasteiger partial charge is 0.507 e. The minimum atomic E-state index is -0.407. The van der Waals surface area contributed by atoms with Crippen LogP contribution in [0.4, 0.5) is 0 Å². The number of hydrazone groups is 1. The number of hydrazine groups is 1. The molecule has 0 bridgehead atoms. The number of phenols is 1. The van der Waals surface area contributed by atoms with Gasteiger partial charge in [0.2, 0.25) is 0 Å². The lowest BCUT2D eigenvalue weighted by atomic mass is 10.0. The molecule has 1 fully saturated rings. The molecule has 8 heteroatoms. The zero-order chi connectivity index (χ0) is 18.5. The zero-order valence-electron chi connectivity index (χ0n) is 14.1. The maximum atomic E-state index is 12.2. The van der Waals surface area contributed by atoms with Crippen molar-refractivity contribution in [3.8, 4) is 11.5 Å². The van der Waals surface area contributed by atoms with E-state index < -0.39 is 6.04 Å². The van der Waals surface area contributed by atoms with E-state index in [1.54, 1.807) is 25.3 Å². The van der Waals surface area contributed by atoms with Crippen LogP contribution in [0.3, 0.4) is 0 Å². The second-order valence-electron chi connectivity index (χ2n) is 5.84. The quantitative estimate of drug-likeness (QED) is 0.441. The number of carbonyl (C=O) groups excluding carboxylic acids is 1. The molecule has 0 radical (unpaired) electrons. The molecular weight excluding hydrogens is 400 g/mol. The smallest absolute Gasteiger partial charge is 0.258 e. The van der Waals surface area contributed by atoms with Crippen molar-refractivity contribution in [3.05, 3.63) is 58.1 Å². The zero-order valence-corrected chi connectivity index (χ0v) is 15.7. The number of hydrogen-bond donors (Lipinski definition) is 4. The highest BCUT2D eigenvalue weighted by molar-refractivity contribution is 9.10. The van der Waals surface area contributed by atoms with Gasteiger partial charge in [-0.05, 0) is 42.3 Å². The van der Waals surface area contributed by atoms with Crippen molar-refractivity contribution >= 4 is 28.1 Å². The van der Waals surface area contributed by atoms with Gasteiger partial charge in [-0.15, -0.1) is 0 Å². The molecule has 4 N–H and O–H groups in total. The van der Waals surface area contributed by atoms with Crippen LogP contribution in [-0.4, -0.2) is 30.4 Å². The molecule has 2 atom stereocenters. The van der Waals surface area contributed by atoms with E-state index in [-0.39, 0.29) is 17.7 Å². The molecular formula is C18H19BrN4O3. The highest BCUT2D eigenvalue weighted by Crippen LogP contribution is 2.24. The fourth-order valence-corrected chi connectivity index (χ4v) is 3.03. The second-order valence-corrected chi connectivity index (χ2v) is 6.76. The average molecular weight is 419 g/mol. The summed E-state index contributed by atoms with van der Waals surface area (Å²) in [4.78, 5) is 12.2. The molecule has 3 rings (SSSR count). The average Bonchev–Trinajstić information content (AvgIpc) is 3.15. The van der Waals surface area contributed by atoms with Gasteiger partial charge in [-0.25, -0.2) is 16.3 Å². The van der Waals surface area contributed by atoms with Gasteiger partial charge in [0.25, 0.3) is 5.91 Å². The monoisotopic (exact) mass is 418 g/mol. The van der Waals surface area contributed by atoms with E-state index in [1.807, 2.05) is 24.3 Å². The molecule has 1 aliphatic heterocycles. The van der Waals surface area contributed by atoms with Gasteiger partial charge in [0.1, 0.15) is 17.5 Å². The topological polar surface area (TPSA) is 95.0 Å². The predicted octanol–water partition coefficient (Wildman–Crippen LogP) is 2.22. The van der Waals surface area contributed by atoms with Crippen molar-refractivity contribution in [2.45, 2.75) is 18.5 Å². The number of hydrogen-bond acceptors (Lipinski definition) is 6. The van der Waals surface area contributed by atoms with E-state index in [2.05, 4.69) is 37.3 Å². The Hall–Kier alpha value is -2.42. The Bertz CT molecular complexity index is 811. The van der Waals surface area contributed by atoms with Crippen LogP contribution in [0.25, 0.3) is 0 Å². The number of nitrogens with one attached hydrogen (secondary N) is 3. The summed E-state index contributed by atoms with van der Waals surface area (Å²) in [6, 6.07) is 12.3. The van der Waals surface area contributed by atoms with E-state index in [0.29, 0.717) is 12.0 Å². The van der Waals surface area contributed by atoms with Crippen molar-refractivity contribution in [1.29, 1.82) is 0 Å². The Morgan fingerprint density at radius 1 is 1.31 bits per heavy atom. The van der Waals surface area contributed by atoms with Crippen molar-refractivity contribution in [1.82, 2.24) is 16.3 Å². The van der Waals surface area contributed by atoms with Crippen molar-refractivity contribution < 1.29 is 14.6 Å². The number of halogens is 1. The van der Waals surface area contributed by atoms with Crippen molar-refractivity contribution in [2.75, 3.05) is 7.11 Å². The van der Waals surface area contributed by atoms with Crippen LogP contribution in [0.1, 0.15) is 23.6 Å². The van der Waals surface area contributed by atoms with Crippen LogP contribution >= 0.6 is 15.9 Å². The molecule has 26 heavy (non-hydrogen) atoms. The van der Waals surface area contributed by atoms with Crippen LogP contribution in [-0.2, 0) is 4.79 Å². The molecule has 0 spiro atoms. The number of benzene rings is 2. The number of phenolic OH excluding ortho intramolecular Hbond substituents is 1. The molecule has 0 aliphatic carbocycles. The van der Waals surface area contributed by atoms with Crippen LogP contribution in [0.5, 0.6) is 11.5 Å². The Morgan fingerprint density at radius 2 is 2.08 bits per heavy atom. The molecule has 136 valence electrons. The molecule has 1 aliphatic rings. The normalized spacial score (nSPS) is 19.6. The molecule has 0 saturated carbocycles. The first-order chi connectivity index (χ1) is 12.6. The van der Waals surface area contributed by atoms with Gasteiger partial charge in [0.15, 0.2) is 0 Å². The summed E-state index contributed by atoms with van der Waals surface area (Å²) in [5.41, 5.74) is 10.2. The fourth-order valence-electron chi connectivity index (χ4n) is 2.66. The van der Waals surface area contributed by atoms with E-state index in [0.717, 1.165) is 15.8 Å². The molecule has 1 saturated heterocycles. The maximum Gasteiger partial charge on any atom is 0.258 e. The first-order valence-corrected chi connectivity index (χ1v) is 8.82. The molecule has 1 amide bonds. The molecule has 2 aromatic carbocycles. The van der Waals surface area contributed by atoms with Gasteiger partial charge in [-0.3, -0.25) is 4.79 Å². The minimum Gasteiger partial charge on any atom is -0.507 e. The number of rotatable bonds is 5. The van der Waals surface area contributed by atoms with Crippen LogP contribution < -0.4 is 21.0 Å².